The molecule has 0 aromatic carbocycles. The first-order valence-corrected chi connectivity index (χ1v) is 4.70. The van der Waals surface area contributed by atoms with Crippen LogP contribution in [0.3, 0.4) is 0 Å². The van der Waals surface area contributed by atoms with Gasteiger partial charge in [-0.2, -0.15) is 0 Å². The largest absolute Gasteiger partial charge is 0.376 e. The van der Waals surface area contributed by atoms with E-state index in [0.29, 0.717) is 6.61 Å². The molecule has 1 N–H and O–H groups in total. The number of hydrogen-bond donors (Lipinski definition) is 1. The average Bonchev–Trinajstić information content (AvgIpc) is 2.01. The van der Waals surface area contributed by atoms with Gasteiger partial charge in [-0.05, 0) is 21.0 Å². The van der Waals surface area contributed by atoms with Gasteiger partial charge in [-0.1, -0.05) is 12.2 Å². The number of nitrogens with one attached hydrogen (secondary N) is 1. The van der Waals surface area contributed by atoms with Crippen molar-refractivity contribution in [3.63, 3.8) is 0 Å². The van der Waals surface area contributed by atoms with E-state index >= 15 is 0 Å². The first kappa shape index (κ1) is 12.6. The number of rotatable bonds is 8. The van der Waals surface area contributed by atoms with Gasteiger partial charge in [-0.25, -0.2) is 0 Å². The fourth-order valence-corrected chi connectivity index (χ4v) is 0.818. The predicted molar refractivity (Wildman–Crippen MR) is 57.1 cm³/mol. The molecule has 0 saturated heterocycles. The van der Waals surface area contributed by atoms with Crippen molar-refractivity contribution in [3.8, 4) is 0 Å². The Bertz CT molecular complexity index is 135. The Balaban J connectivity index is 2.96. The lowest BCUT2D eigenvalue weighted by Crippen LogP contribution is -2.29. The third kappa shape index (κ3) is 11.6. The summed E-state index contributed by atoms with van der Waals surface area (Å²) in [5, 5.41) is 3.29. The smallest absolute Gasteiger partial charge is 0.0672 e. The van der Waals surface area contributed by atoms with Gasteiger partial charge in [-0.3, -0.25) is 0 Å². The summed E-state index contributed by atoms with van der Waals surface area (Å²) < 4.78 is 5.33. The van der Waals surface area contributed by atoms with E-state index in [1.807, 2.05) is 6.92 Å². The second-order valence-electron chi connectivity index (χ2n) is 3.56. The number of hydrogen-bond acceptors (Lipinski definition) is 3. The third-order valence-corrected chi connectivity index (χ3v) is 1.51. The van der Waals surface area contributed by atoms with Crippen LogP contribution in [-0.2, 0) is 4.74 Å². The lowest BCUT2D eigenvalue weighted by atomic mass is 10.4. The fraction of sp³-hybridized carbons (Fsp3) is 0.800. The minimum absolute atomic E-state index is 0.676. The molecule has 78 valence electrons. The third-order valence-electron chi connectivity index (χ3n) is 1.51. The molecule has 13 heavy (non-hydrogen) atoms. The van der Waals surface area contributed by atoms with Gasteiger partial charge in [0.15, 0.2) is 0 Å². The second-order valence-corrected chi connectivity index (χ2v) is 3.56. The van der Waals surface area contributed by atoms with Crippen molar-refractivity contribution in [2.75, 3.05) is 46.9 Å². The van der Waals surface area contributed by atoms with Crippen molar-refractivity contribution in [2.45, 2.75) is 6.92 Å². The van der Waals surface area contributed by atoms with E-state index in [9.17, 15) is 0 Å². The molecule has 0 aliphatic rings. The molecular formula is C10H22N2O. The minimum atomic E-state index is 0.676. The normalized spacial score (nSPS) is 10.8. The van der Waals surface area contributed by atoms with E-state index in [0.717, 1.165) is 31.8 Å². The summed E-state index contributed by atoms with van der Waals surface area (Å²) in [6.45, 7) is 10.2. The lowest BCUT2D eigenvalue weighted by molar-refractivity contribution is 0.157. The van der Waals surface area contributed by atoms with Crippen LogP contribution in [0.2, 0.25) is 0 Å². The summed E-state index contributed by atoms with van der Waals surface area (Å²) in [6, 6.07) is 0. The number of nitrogens with zero attached hydrogens (tertiary/aromatic N) is 1. The Morgan fingerprint density at radius 1 is 1.38 bits per heavy atom. The maximum absolute atomic E-state index is 5.33. The number of ether oxygens (including phenoxy) is 1. The van der Waals surface area contributed by atoms with Gasteiger partial charge < -0.3 is 15.0 Å². The first-order valence-electron chi connectivity index (χ1n) is 4.70. The molecule has 0 saturated carbocycles. The molecular weight excluding hydrogens is 164 g/mol. The molecule has 0 aliphatic heterocycles. The van der Waals surface area contributed by atoms with Gasteiger partial charge in [0, 0.05) is 19.6 Å². The van der Waals surface area contributed by atoms with Gasteiger partial charge in [0.2, 0.25) is 0 Å². The van der Waals surface area contributed by atoms with Gasteiger partial charge in [0.05, 0.1) is 13.2 Å². The van der Waals surface area contributed by atoms with Gasteiger partial charge in [-0.15, -0.1) is 0 Å². The van der Waals surface area contributed by atoms with Crippen LogP contribution in [0.25, 0.3) is 0 Å². The summed E-state index contributed by atoms with van der Waals surface area (Å²) in [6.07, 6.45) is 0. The van der Waals surface area contributed by atoms with Crippen molar-refractivity contribution in [1.82, 2.24) is 10.2 Å². The van der Waals surface area contributed by atoms with E-state index in [-0.39, 0.29) is 0 Å². The second kappa shape index (κ2) is 8.23. The van der Waals surface area contributed by atoms with E-state index in [2.05, 4.69) is 30.9 Å². The quantitative estimate of drug-likeness (QED) is 0.447. The monoisotopic (exact) mass is 186 g/mol. The van der Waals surface area contributed by atoms with Crippen LogP contribution in [0, 0.1) is 0 Å². The summed E-state index contributed by atoms with van der Waals surface area (Å²) in [7, 11) is 4.14. The van der Waals surface area contributed by atoms with Crippen molar-refractivity contribution >= 4 is 0 Å². The van der Waals surface area contributed by atoms with Crippen LogP contribution < -0.4 is 5.32 Å². The highest BCUT2D eigenvalue weighted by Crippen LogP contribution is 1.86. The summed E-state index contributed by atoms with van der Waals surface area (Å²) >= 11 is 0. The Hall–Kier alpha value is -0.380. The average molecular weight is 186 g/mol. The Morgan fingerprint density at radius 3 is 2.62 bits per heavy atom. The molecule has 3 heteroatoms. The van der Waals surface area contributed by atoms with E-state index < -0.39 is 0 Å². The standard InChI is InChI=1S/C10H22N2O/c1-10(2)9-13-8-6-11-5-7-12(3)4/h11H,1,5-9H2,2-4H3. The van der Waals surface area contributed by atoms with Crippen molar-refractivity contribution in [2.24, 2.45) is 0 Å². The Labute approximate surface area is 81.8 Å². The summed E-state index contributed by atoms with van der Waals surface area (Å²) in [4.78, 5) is 2.15. The first-order chi connectivity index (χ1) is 6.13. The highest BCUT2D eigenvalue weighted by atomic mass is 16.5. The van der Waals surface area contributed by atoms with Crippen LogP contribution in [0.1, 0.15) is 6.92 Å². The Kier molecular flexibility index (Phi) is 7.99. The van der Waals surface area contributed by atoms with E-state index in [1.54, 1.807) is 0 Å². The van der Waals surface area contributed by atoms with Gasteiger partial charge in [0.25, 0.3) is 0 Å². The van der Waals surface area contributed by atoms with Crippen molar-refractivity contribution in [1.29, 1.82) is 0 Å². The molecule has 0 rings (SSSR count). The zero-order chi connectivity index (χ0) is 10.1. The van der Waals surface area contributed by atoms with Crippen LogP contribution in [0.15, 0.2) is 12.2 Å². The molecule has 3 nitrogen and oxygen atoms in total. The summed E-state index contributed by atoms with van der Waals surface area (Å²) in [5.74, 6) is 0. The molecule has 0 heterocycles. The molecule has 0 aromatic rings. The Morgan fingerprint density at radius 2 is 2.08 bits per heavy atom. The van der Waals surface area contributed by atoms with Crippen LogP contribution in [-0.4, -0.2) is 51.8 Å². The molecule has 0 aromatic heterocycles. The van der Waals surface area contributed by atoms with Crippen LogP contribution in [0.5, 0.6) is 0 Å². The molecule has 0 radical (unpaired) electrons. The van der Waals surface area contributed by atoms with Crippen molar-refractivity contribution in [3.05, 3.63) is 12.2 Å². The van der Waals surface area contributed by atoms with E-state index in [4.69, 9.17) is 4.74 Å². The molecule has 0 aliphatic carbocycles. The maximum atomic E-state index is 5.33. The fourth-order valence-electron chi connectivity index (χ4n) is 0.818. The van der Waals surface area contributed by atoms with Crippen LogP contribution in [0.4, 0.5) is 0 Å². The van der Waals surface area contributed by atoms with Crippen LogP contribution >= 0.6 is 0 Å². The molecule has 0 bridgehead atoms. The van der Waals surface area contributed by atoms with Crippen molar-refractivity contribution < 1.29 is 4.74 Å². The maximum Gasteiger partial charge on any atom is 0.0672 e. The molecule has 0 spiro atoms. The highest BCUT2D eigenvalue weighted by Gasteiger charge is 1.90. The molecule has 0 fully saturated rings. The molecule has 0 amide bonds. The molecule has 0 unspecified atom stereocenters. The zero-order valence-corrected chi connectivity index (χ0v) is 9.10. The SMILES string of the molecule is C=C(C)COCCNCCN(C)C. The zero-order valence-electron chi connectivity index (χ0n) is 9.10. The highest BCUT2D eigenvalue weighted by molar-refractivity contribution is 4.87. The topological polar surface area (TPSA) is 24.5 Å². The predicted octanol–water partition coefficient (Wildman–Crippen LogP) is 0.730. The molecule has 0 atom stereocenters. The van der Waals surface area contributed by atoms with Gasteiger partial charge in [0.1, 0.15) is 0 Å². The minimum Gasteiger partial charge on any atom is -0.376 e. The van der Waals surface area contributed by atoms with Gasteiger partial charge >= 0.3 is 0 Å². The van der Waals surface area contributed by atoms with E-state index in [1.165, 1.54) is 0 Å². The number of likely N-dealkylation sites (N-methyl/N-ethyl adjacent to an activating group) is 1. The lowest BCUT2D eigenvalue weighted by Gasteiger charge is -2.10. The summed E-state index contributed by atoms with van der Waals surface area (Å²) in [5.41, 5.74) is 1.08.